The Morgan fingerprint density at radius 2 is 1.76 bits per heavy atom. The minimum atomic E-state index is -3.57. The molecule has 0 aliphatic rings. The van der Waals surface area contributed by atoms with Crippen LogP contribution in [0, 0.1) is 13.8 Å². The standard InChI is InChI=1S/C21H28N2O5S/c1-16-6-9-19(14-17(16)2)22-21(24)23(12-5-13-27-3)15-18-7-10-20(11-8-18)28-29(4,25)26/h6-11,14H,5,12-13,15H2,1-4H3,(H,22,24). The maximum absolute atomic E-state index is 12.8. The van der Waals surface area contributed by atoms with Gasteiger partial charge < -0.3 is 19.1 Å². The smallest absolute Gasteiger partial charge is 0.322 e. The highest BCUT2D eigenvalue weighted by molar-refractivity contribution is 7.86. The number of nitrogens with zero attached hydrogens (tertiary/aromatic N) is 1. The first-order valence-electron chi connectivity index (χ1n) is 9.28. The number of hydrogen-bond acceptors (Lipinski definition) is 5. The molecule has 7 nitrogen and oxygen atoms in total. The summed E-state index contributed by atoms with van der Waals surface area (Å²) in [4.78, 5) is 14.5. The summed E-state index contributed by atoms with van der Waals surface area (Å²) in [5.74, 6) is 0.238. The highest BCUT2D eigenvalue weighted by atomic mass is 32.2. The van der Waals surface area contributed by atoms with Crippen LogP contribution in [0.25, 0.3) is 0 Å². The van der Waals surface area contributed by atoms with Crippen molar-refractivity contribution >= 4 is 21.8 Å². The number of anilines is 1. The molecule has 0 spiro atoms. The minimum Gasteiger partial charge on any atom is -0.385 e. The highest BCUT2D eigenvalue weighted by Gasteiger charge is 2.15. The van der Waals surface area contributed by atoms with E-state index in [9.17, 15) is 13.2 Å². The number of nitrogens with one attached hydrogen (secondary N) is 1. The molecule has 0 saturated heterocycles. The number of benzene rings is 2. The second kappa shape index (κ2) is 10.3. The number of aryl methyl sites for hydroxylation is 2. The summed E-state index contributed by atoms with van der Waals surface area (Å²) in [7, 11) is -1.95. The van der Waals surface area contributed by atoms with Crippen LogP contribution in [0.4, 0.5) is 10.5 Å². The molecule has 0 aliphatic heterocycles. The molecule has 158 valence electrons. The molecular formula is C21H28N2O5S. The van der Waals surface area contributed by atoms with Gasteiger partial charge in [-0.05, 0) is 61.2 Å². The van der Waals surface area contributed by atoms with Crippen molar-refractivity contribution in [2.45, 2.75) is 26.8 Å². The van der Waals surface area contributed by atoms with Gasteiger partial charge in [-0.25, -0.2) is 4.79 Å². The van der Waals surface area contributed by atoms with E-state index in [4.69, 9.17) is 8.92 Å². The van der Waals surface area contributed by atoms with Crippen molar-refractivity contribution in [2.24, 2.45) is 0 Å². The zero-order valence-corrected chi connectivity index (χ0v) is 18.1. The van der Waals surface area contributed by atoms with Crippen molar-refractivity contribution in [3.63, 3.8) is 0 Å². The average molecular weight is 421 g/mol. The largest absolute Gasteiger partial charge is 0.385 e. The van der Waals surface area contributed by atoms with Crippen molar-refractivity contribution in [1.29, 1.82) is 0 Å². The van der Waals surface area contributed by atoms with Crippen molar-refractivity contribution in [2.75, 3.05) is 31.8 Å². The molecule has 29 heavy (non-hydrogen) atoms. The number of methoxy groups -OCH3 is 1. The van der Waals surface area contributed by atoms with Gasteiger partial charge >= 0.3 is 16.1 Å². The predicted octanol–water partition coefficient (Wildman–Crippen LogP) is 3.71. The molecule has 2 aromatic carbocycles. The second-order valence-electron chi connectivity index (χ2n) is 6.93. The molecule has 0 bridgehead atoms. The van der Waals surface area contributed by atoms with Gasteiger partial charge in [0.15, 0.2) is 0 Å². The first-order valence-corrected chi connectivity index (χ1v) is 11.1. The lowest BCUT2D eigenvalue weighted by molar-refractivity contribution is 0.171. The van der Waals surface area contributed by atoms with Crippen LogP contribution in [0.2, 0.25) is 0 Å². The van der Waals surface area contributed by atoms with Crippen molar-refractivity contribution in [3.8, 4) is 5.75 Å². The van der Waals surface area contributed by atoms with Gasteiger partial charge in [-0.1, -0.05) is 18.2 Å². The second-order valence-corrected chi connectivity index (χ2v) is 8.50. The maximum Gasteiger partial charge on any atom is 0.322 e. The van der Waals surface area contributed by atoms with Crippen LogP contribution >= 0.6 is 0 Å². The van der Waals surface area contributed by atoms with Gasteiger partial charge in [0.1, 0.15) is 5.75 Å². The maximum atomic E-state index is 12.8. The van der Waals surface area contributed by atoms with Crippen LogP contribution in [0.3, 0.4) is 0 Å². The number of amides is 2. The summed E-state index contributed by atoms with van der Waals surface area (Å²) in [6.07, 6.45) is 1.70. The normalized spacial score (nSPS) is 11.2. The third kappa shape index (κ3) is 7.75. The summed E-state index contributed by atoms with van der Waals surface area (Å²) in [6.45, 7) is 5.47. The Morgan fingerprint density at radius 3 is 2.34 bits per heavy atom. The van der Waals surface area contributed by atoms with E-state index in [-0.39, 0.29) is 11.8 Å². The minimum absolute atomic E-state index is 0.208. The summed E-state index contributed by atoms with van der Waals surface area (Å²) in [5.41, 5.74) is 3.87. The van der Waals surface area contributed by atoms with Gasteiger partial charge in [0.2, 0.25) is 0 Å². The van der Waals surface area contributed by atoms with Gasteiger partial charge in [0, 0.05) is 32.5 Å². The SMILES string of the molecule is COCCCN(Cc1ccc(OS(C)(=O)=O)cc1)C(=O)Nc1ccc(C)c(C)c1. The third-order valence-electron chi connectivity index (χ3n) is 4.37. The number of carbonyl (C=O) groups excluding carboxylic acids is 1. The lowest BCUT2D eigenvalue weighted by atomic mass is 10.1. The van der Waals surface area contributed by atoms with Crippen molar-refractivity contribution < 1.29 is 22.1 Å². The van der Waals surface area contributed by atoms with Crippen LogP contribution in [0.5, 0.6) is 5.75 Å². The zero-order chi connectivity index (χ0) is 21.4. The van der Waals surface area contributed by atoms with E-state index in [0.717, 1.165) is 28.6 Å². The topological polar surface area (TPSA) is 84.9 Å². The van der Waals surface area contributed by atoms with E-state index < -0.39 is 10.1 Å². The molecule has 0 radical (unpaired) electrons. The van der Waals surface area contributed by atoms with Gasteiger partial charge in [0.05, 0.1) is 6.26 Å². The fourth-order valence-electron chi connectivity index (χ4n) is 2.72. The molecule has 0 aromatic heterocycles. The van der Waals surface area contributed by atoms with Crippen LogP contribution in [-0.2, 0) is 21.4 Å². The number of urea groups is 1. The first-order chi connectivity index (χ1) is 13.7. The number of rotatable bonds is 9. The molecule has 8 heteroatoms. The van der Waals surface area contributed by atoms with E-state index in [0.29, 0.717) is 26.1 Å². The fourth-order valence-corrected chi connectivity index (χ4v) is 3.18. The Kier molecular flexibility index (Phi) is 8.04. The number of carbonyl (C=O) groups is 1. The summed E-state index contributed by atoms with van der Waals surface area (Å²) >= 11 is 0. The molecule has 0 saturated carbocycles. The number of ether oxygens (including phenoxy) is 1. The van der Waals surface area contributed by atoms with Crippen LogP contribution < -0.4 is 9.50 Å². The summed E-state index contributed by atoms with van der Waals surface area (Å²) < 4.78 is 32.4. The molecule has 0 unspecified atom stereocenters. The van der Waals surface area contributed by atoms with Crippen LogP contribution in [0.1, 0.15) is 23.1 Å². The Balaban J connectivity index is 2.09. The van der Waals surface area contributed by atoms with E-state index in [1.807, 2.05) is 32.0 Å². The lowest BCUT2D eigenvalue weighted by Gasteiger charge is -2.23. The fraction of sp³-hybridized carbons (Fsp3) is 0.381. The van der Waals surface area contributed by atoms with Gasteiger partial charge in [-0.3, -0.25) is 0 Å². The van der Waals surface area contributed by atoms with Gasteiger partial charge in [0.25, 0.3) is 0 Å². The van der Waals surface area contributed by atoms with E-state index in [1.54, 1.807) is 36.3 Å². The van der Waals surface area contributed by atoms with Gasteiger partial charge in [-0.15, -0.1) is 0 Å². The zero-order valence-electron chi connectivity index (χ0n) is 17.3. The quantitative estimate of drug-likeness (QED) is 0.494. The molecule has 0 heterocycles. The lowest BCUT2D eigenvalue weighted by Crippen LogP contribution is -2.35. The monoisotopic (exact) mass is 420 g/mol. The Morgan fingerprint density at radius 1 is 1.07 bits per heavy atom. The van der Waals surface area contributed by atoms with Crippen LogP contribution in [-0.4, -0.2) is 45.9 Å². The Bertz CT molecular complexity index is 927. The predicted molar refractivity (Wildman–Crippen MR) is 114 cm³/mol. The molecule has 0 aliphatic carbocycles. The van der Waals surface area contributed by atoms with E-state index in [1.165, 1.54) is 0 Å². The first kappa shape index (κ1) is 22.7. The van der Waals surface area contributed by atoms with Crippen LogP contribution in [0.15, 0.2) is 42.5 Å². The highest BCUT2D eigenvalue weighted by Crippen LogP contribution is 2.18. The molecule has 0 atom stereocenters. The Labute approximate surface area is 172 Å². The Hall–Kier alpha value is -2.58. The van der Waals surface area contributed by atoms with E-state index >= 15 is 0 Å². The molecule has 1 N–H and O–H groups in total. The average Bonchev–Trinajstić information content (AvgIpc) is 2.64. The van der Waals surface area contributed by atoms with E-state index in [2.05, 4.69) is 5.32 Å². The molecule has 2 amide bonds. The third-order valence-corrected chi connectivity index (χ3v) is 4.86. The van der Waals surface area contributed by atoms with Crippen molar-refractivity contribution in [3.05, 3.63) is 59.2 Å². The van der Waals surface area contributed by atoms with Gasteiger partial charge in [-0.2, -0.15) is 8.42 Å². The molecule has 0 fully saturated rings. The number of hydrogen-bond donors (Lipinski definition) is 1. The summed E-state index contributed by atoms with van der Waals surface area (Å²) in [5, 5.41) is 2.94. The van der Waals surface area contributed by atoms with Crippen molar-refractivity contribution in [1.82, 2.24) is 4.90 Å². The molecule has 2 aromatic rings. The summed E-state index contributed by atoms with van der Waals surface area (Å²) in [6, 6.07) is 12.2. The molecule has 2 rings (SSSR count). The molecular weight excluding hydrogens is 392 g/mol.